The molecule has 3 aromatic rings. The van der Waals surface area contributed by atoms with Gasteiger partial charge in [0.15, 0.2) is 0 Å². The third-order valence-electron chi connectivity index (χ3n) is 7.16. The van der Waals surface area contributed by atoms with Gasteiger partial charge in [-0.3, -0.25) is 9.69 Å². The van der Waals surface area contributed by atoms with Gasteiger partial charge in [0, 0.05) is 37.1 Å². The van der Waals surface area contributed by atoms with E-state index in [-0.39, 0.29) is 18.0 Å². The van der Waals surface area contributed by atoms with Gasteiger partial charge in [0.1, 0.15) is 0 Å². The minimum absolute atomic E-state index is 0.0610. The van der Waals surface area contributed by atoms with Gasteiger partial charge >= 0.3 is 0 Å². The third-order valence-corrected chi connectivity index (χ3v) is 10.2. The SMILES string of the molecule is Cc1ccccc1[C@@H]1c2ccsc2CCN1CC(=O)N1CCN(S(=O)(=O)c2ccccc2)[C@H](C)C1. The summed E-state index contributed by atoms with van der Waals surface area (Å²) >= 11 is 1.80. The van der Waals surface area contributed by atoms with E-state index in [1.165, 1.54) is 25.9 Å². The number of aryl methyl sites for hydroxylation is 1. The summed E-state index contributed by atoms with van der Waals surface area (Å²) in [4.78, 5) is 19.3. The average molecular weight is 510 g/mol. The molecule has 2 aromatic carbocycles. The molecule has 2 atom stereocenters. The molecule has 2 aliphatic heterocycles. The summed E-state index contributed by atoms with van der Waals surface area (Å²) in [5.41, 5.74) is 3.77. The predicted molar refractivity (Wildman–Crippen MR) is 139 cm³/mol. The van der Waals surface area contributed by atoms with Crippen molar-refractivity contribution in [2.45, 2.75) is 37.2 Å². The summed E-state index contributed by atoms with van der Waals surface area (Å²) in [7, 11) is -3.58. The second-order valence-corrected chi connectivity index (χ2v) is 12.3. The van der Waals surface area contributed by atoms with Gasteiger partial charge in [-0.1, -0.05) is 42.5 Å². The molecule has 1 saturated heterocycles. The molecule has 0 aliphatic carbocycles. The van der Waals surface area contributed by atoms with Gasteiger partial charge in [-0.25, -0.2) is 8.42 Å². The first kappa shape index (κ1) is 24.2. The van der Waals surface area contributed by atoms with Crippen LogP contribution in [-0.2, 0) is 21.2 Å². The number of carbonyl (C=O) groups is 1. The summed E-state index contributed by atoms with van der Waals surface area (Å²) in [5, 5.41) is 2.15. The number of hydrogen-bond acceptors (Lipinski definition) is 5. The zero-order chi connectivity index (χ0) is 24.6. The summed E-state index contributed by atoms with van der Waals surface area (Å²) in [5.74, 6) is 0.0610. The lowest BCUT2D eigenvalue weighted by atomic mass is 9.90. The van der Waals surface area contributed by atoms with Gasteiger partial charge in [0.2, 0.25) is 15.9 Å². The molecule has 35 heavy (non-hydrogen) atoms. The molecule has 0 spiro atoms. The van der Waals surface area contributed by atoms with Crippen molar-refractivity contribution in [2.75, 3.05) is 32.7 Å². The smallest absolute Gasteiger partial charge is 0.243 e. The van der Waals surface area contributed by atoms with Crippen LogP contribution < -0.4 is 0 Å². The summed E-state index contributed by atoms with van der Waals surface area (Å²) in [6.07, 6.45) is 0.947. The number of sulfonamides is 1. The minimum Gasteiger partial charge on any atom is -0.339 e. The van der Waals surface area contributed by atoms with Crippen LogP contribution in [0, 0.1) is 6.92 Å². The maximum atomic E-state index is 13.5. The van der Waals surface area contributed by atoms with Crippen molar-refractivity contribution in [2.24, 2.45) is 0 Å². The standard InChI is InChI=1S/C27H31N3O3S2/c1-20-8-6-7-11-23(20)27-24-13-17-34-25(24)12-14-29(27)19-26(31)28-15-16-30(21(2)18-28)35(32,33)22-9-4-3-5-10-22/h3-11,13,17,21,27H,12,14-16,18-19H2,1-2H3/t21-,27-/m1/s1. The summed E-state index contributed by atoms with van der Waals surface area (Å²) in [6.45, 7) is 6.28. The Kier molecular flexibility index (Phi) is 6.81. The quantitative estimate of drug-likeness (QED) is 0.523. The van der Waals surface area contributed by atoms with Crippen molar-refractivity contribution >= 4 is 27.3 Å². The first-order chi connectivity index (χ1) is 16.9. The Balaban J connectivity index is 1.31. The number of nitrogens with zero attached hydrogens (tertiary/aromatic N) is 3. The molecule has 3 heterocycles. The monoisotopic (exact) mass is 509 g/mol. The highest BCUT2D eigenvalue weighted by molar-refractivity contribution is 7.89. The Morgan fingerprint density at radius 2 is 1.71 bits per heavy atom. The lowest BCUT2D eigenvalue weighted by Crippen LogP contribution is -2.57. The number of rotatable bonds is 5. The molecule has 0 N–H and O–H groups in total. The number of carbonyl (C=O) groups excluding carboxylic acids is 1. The van der Waals surface area contributed by atoms with Crippen molar-refractivity contribution in [1.29, 1.82) is 0 Å². The lowest BCUT2D eigenvalue weighted by molar-refractivity contribution is -0.135. The molecule has 0 saturated carbocycles. The van der Waals surface area contributed by atoms with Crippen molar-refractivity contribution in [3.8, 4) is 0 Å². The van der Waals surface area contributed by atoms with Gasteiger partial charge < -0.3 is 4.90 Å². The minimum atomic E-state index is -3.58. The molecular formula is C27H31N3O3S2. The van der Waals surface area contributed by atoms with Gasteiger partial charge in [-0.05, 0) is 60.5 Å². The fourth-order valence-corrected chi connectivity index (χ4v) is 7.86. The van der Waals surface area contributed by atoms with E-state index in [1.807, 2.05) is 17.9 Å². The Morgan fingerprint density at radius 3 is 2.46 bits per heavy atom. The van der Waals surface area contributed by atoms with Crippen LogP contribution in [0.3, 0.4) is 0 Å². The van der Waals surface area contributed by atoms with Crippen LogP contribution >= 0.6 is 11.3 Å². The lowest BCUT2D eigenvalue weighted by Gasteiger charge is -2.41. The van der Waals surface area contributed by atoms with Crippen molar-refractivity contribution in [1.82, 2.24) is 14.1 Å². The van der Waals surface area contributed by atoms with Crippen LogP contribution in [-0.4, -0.2) is 67.2 Å². The Morgan fingerprint density at radius 1 is 0.971 bits per heavy atom. The van der Waals surface area contributed by atoms with Crippen LogP contribution in [0.2, 0.25) is 0 Å². The van der Waals surface area contributed by atoms with Crippen LogP contribution in [0.1, 0.15) is 34.5 Å². The van der Waals surface area contributed by atoms with Crippen LogP contribution in [0.4, 0.5) is 0 Å². The van der Waals surface area contributed by atoms with Crippen molar-refractivity contribution in [3.05, 3.63) is 87.6 Å². The number of hydrogen-bond donors (Lipinski definition) is 0. The second kappa shape index (κ2) is 9.85. The molecule has 1 fully saturated rings. The van der Waals surface area contributed by atoms with Crippen LogP contribution in [0.5, 0.6) is 0 Å². The van der Waals surface area contributed by atoms with E-state index in [1.54, 1.807) is 35.6 Å². The van der Waals surface area contributed by atoms with E-state index in [0.29, 0.717) is 31.1 Å². The van der Waals surface area contributed by atoms with Gasteiger partial charge in [0.25, 0.3) is 0 Å². The molecule has 0 radical (unpaired) electrons. The second-order valence-electron chi connectivity index (χ2n) is 9.40. The summed E-state index contributed by atoms with van der Waals surface area (Å²) in [6, 6.07) is 18.9. The first-order valence-electron chi connectivity index (χ1n) is 12.1. The number of piperazine rings is 1. The molecule has 6 nitrogen and oxygen atoms in total. The van der Waals surface area contributed by atoms with Gasteiger partial charge in [-0.2, -0.15) is 4.31 Å². The molecule has 0 bridgehead atoms. The van der Waals surface area contributed by atoms with E-state index < -0.39 is 10.0 Å². The topological polar surface area (TPSA) is 60.9 Å². The van der Waals surface area contributed by atoms with E-state index >= 15 is 0 Å². The summed E-state index contributed by atoms with van der Waals surface area (Å²) < 4.78 is 27.8. The highest BCUT2D eigenvalue weighted by Gasteiger charge is 2.37. The van der Waals surface area contributed by atoms with Crippen LogP contribution in [0.25, 0.3) is 0 Å². The zero-order valence-electron chi connectivity index (χ0n) is 20.1. The Labute approximate surface area is 211 Å². The Bertz CT molecular complexity index is 1310. The fraction of sp³-hybridized carbons (Fsp3) is 0.370. The molecule has 184 valence electrons. The third kappa shape index (κ3) is 4.68. The van der Waals surface area contributed by atoms with E-state index in [0.717, 1.165) is 13.0 Å². The maximum Gasteiger partial charge on any atom is 0.243 e. The van der Waals surface area contributed by atoms with E-state index in [9.17, 15) is 13.2 Å². The first-order valence-corrected chi connectivity index (χ1v) is 14.4. The average Bonchev–Trinajstić information content (AvgIpc) is 3.34. The normalized spacial score (nSPS) is 21.6. The Hall–Kier alpha value is -2.52. The molecule has 8 heteroatoms. The largest absolute Gasteiger partial charge is 0.339 e. The number of thiophene rings is 1. The fourth-order valence-electron chi connectivity index (χ4n) is 5.32. The van der Waals surface area contributed by atoms with E-state index in [2.05, 4.69) is 47.5 Å². The highest BCUT2D eigenvalue weighted by Crippen LogP contribution is 2.38. The molecule has 0 unspecified atom stereocenters. The van der Waals surface area contributed by atoms with Crippen molar-refractivity contribution < 1.29 is 13.2 Å². The zero-order valence-corrected chi connectivity index (χ0v) is 21.8. The molecular weight excluding hydrogens is 478 g/mol. The molecule has 1 aromatic heterocycles. The van der Waals surface area contributed by atoms with Gasteiger partial charge in [-0.15, -0.1) is 11.3 Å². The maximum absolute atomic E-state index is 13.5. The number of amides is 1. The molecule has 1 amide bonds. The van der Waals surface area contributed by atoms with Crippen molar-refractivity contribution in [3.63, 3.8) is 0 Å². The highest BCUT2D eigenvalue weighted by atomic mass is 32.2. The van der Waals surface area contributed by atoms with Crippen LogP contribution in [0.15, 0.2) is 70.9 Å². The van der Waals surface area contributed by atoms with E-state index in [4.69, 9.17) is 0 Å². The molecule has 5 rings (SSSR count). The number of fused-ring (bicyclic) bond motifs is 1. The number of benzene rings is 2. The van der Waals surface area contributed by atoms with Gasteiger partial charge in [0.05, 0.1) is 17.5 Å². The molecule has 2 aliphatic rings. The predicted octanol–water partition coefficient (Wildman–Crippen LogP) is 3.93.